The Morgan fingerprint density at radius 2 is 1.82 bits per heavy atom. The molecule has 2 aromatic carbocycles. The number of hydrogen-bond acceptors (Lipinski definition) is 5. The third-order valence-corrected chi connectivity index (χ3v) is 7.88. The van der Waals surface area contributed by atoms with Crippen molar-refractivity contribution >= 4 is 21.9 Å². The summed E-state index contributed by atoms with van der Waals surface area (Å²) in [5.41, 5.74) is 4.48. The van der Waals surface area contributed by atoms with Gasteiger partial charge in [0.2, 0.25) is 0 Å². The Kier molecular flexibility index (Phi) is 6.08. The smallest absolute Gasteiger partial charge is 0.155 e. The molecule has 6 rings (SSSR count). The normalized spacial score (nSPS) is 15.9. The van der Waals surface area contributed by atoms with Gasteiger partial charge in [-0.25, -0.2) is 4.39 Å². The van der Waals surface area contributed by atoms with Crippen molar-refractivity contribution in [1.82, 2.24) is 14.7 Å². The Morgan fingerprint density at radius 1 is 1.08 bits per heavy atom. The molecule has 1 N–H and O–H groups in total. The molecule has 1 atom stereocenters. The number of ether oxygens (including phenoxy) is 1. The summed E-state index contributed by atoms with van der Waals surface area (Å²) in [4.78, 5) is 4.78. The molecule has 1 aliphatic heterocycles. The first-order valence-corrected chi connectivity index (χ1v) is 13.2. The molecule has 38 heavy (non-hydrogen) atoms. The van der Waals surface area contributed by atoms with Crippen LogP contribution in [0.1, 0.15) is 55.3 Å². The summed E-state index contributed by atoms with van der Waals surface area (Å²) in [6, 6.07) is 15.8. The molecule has 0 aliphatic carbocycles. The minimum atomic E-state index is -1.09. The van der Waals surface area contributed by atoms with Gasteiger partial charge in [0.15, 0.2) is 5.82 Å². The van der Waals surface area contributed by atoms with Crippen molar-refractivity contribution in [3.05, 3.63) is 83.1 Å². The van der Waals surface area contributed by atoms with Crippen LogP contribution >= 0.6 is 0 Å². The SMILES string of the molecule is Cc1noc(C)c1-c1ccc2c3ncc(C(C)(C)O)cc3n(C(c3ccccc3)C3CCOCC3)c2c1F. The topological polar surface area (TPSA) is 73.3 Å². The molecule has 1 saturated heterocycles. The monoisotopic (exact) mass is 513 g/mol. The highest BCUT2D eigenvalue weighted by Gasteiger charge is 2.32. The number of aliphatic hydroxyl groups is 1. The summed E-state index contributed by atoms with van der Waals surface area (Å²) < 4.78 is 30.1. The number of aromatic nitrogens is 3. The van der Waals surface area contributed by atoms with Crippen molar-refractivity contribution < 1.29 is 18.8 Å². The van der Waals surface area contributed by atoms with Crippen molar-refractivity contribution in [1.29, 1.82) is 0 Å². The van der Waals surface area contributed by atoms with E-state index in [4.69, 9.17) is 14.2 Å². The zero-order chi connectivity index (χ0) is 26.6. The van der Waals surface area contributed by atoms with Gasteiger partial charge in [0, 0.05) is 35.9 Å². The summed E-state index contributed by atoms with van der Waals surface area (Å²) in [7, 11) is 0. The molecule has 7 heteroatoms. The first-order chi connectivity index (χ1) is 18.3. The predicted octanol–water partition coefficient (Wildman–Crippen LogP) is 6.84. The van der Waals surface area contributed by atoms with Gasteiger partial charge in [-0.2, -0.15) is 0 Å². The summed E-state index contributed by atoms with van der Waals surface area (Å²) in [5, 5.41) is 15.7. The zero-order valence-electron chi connectivity index (χ0n) is 22.2. The van der Waals surface area contributed by atoms with Crippen LogP contribution in [0.5, 0.6) is 0 Å². The van der Waals surface area contributed by atoms with Gasteiger partial charge in [0.25, 0.3) is 0 Å². The fraction of sp³-hybridized carbons (Fsp3) is 0.355. The van der Waals surface area contributed by atoms with Crippen LogP contribution in [-0.4, -0.2) is 33.0 Å². The summed E-state index contributed by atoms with van der Waals surface area (Å²) in [6.07, 6.45) is 3.42. The highest BCUT2D eigenvalue weighted by molar-refractivity contribution is 6.07. The maximum atomic E-state index is 16.9. The maximum absolute atomic E-state index is 16.9. The maximum Gasteiger partial charge on any atom is 0.155 e. The van der Waals surface area contributed by atoms with Crippen molar-refractivity contribution in [2.24, 2.45) is 5.92 Å². The van der Waals surface area contributed by atoms with Gasteiger partial charge in [0.1, 0.15) is 5.76 Å². The lowest BCUT2D eigenvalue weighted by Gasteiger charge is -2.33. The standard InChI is InChI=1S/C31H32FN3O3/c1-18-26(19(2)38-34-18)23-10-11-24-28-25(16-22(17-33-28)31(3,4)36)35(30(24)27(23)32)29(20-8-6-5-7-9-20)21-12-14-37-15-13-21/h5-11,16-17,21,29,36H,12-15H2,1-4H3. The lowest BCUT2D eigenvalue weighted by atomic mass is 9.86. The molecule has 0 amide bonds. The first-order valence-electron chi connectivity index (χ1n) is 13.2. The van der Waals surface area contributed by atoms with E-state index in [0.717, 1.165) is 29.3 Å². The largest absolute Gasteiger partial charge is 0.386 e. The van der Waals surface area contributed by atoms with E-state index in [1.807, 2.05) is 37.3 Å². The van der Waals surface area contributed by atoms with E-state index < -0.39 is 5.60 Å². The summed E-state index contributed by atoms with van der Waals surface area (Å²) in [6.45, 7) is 8.46. The molecule has 1 aliphatic rings. The number of aryl methyl sites for hydroxylation is 2. The molecule has 4 heterocycles. The molecule has 0 bridgehead atoms. The number of nitrogens with zero attached hydrogens (tertiary/aromatic N) is 3. The van der Waals surface area contributed by atoms with Gasteiger partial charge >= 0.3 is 0 Å². The second kappa shape index (κ2) is 9.33. The summed E-state index contributed by atoms with van der Waals surface area (Å²) >= 11 is 0. The Morgan fingerprint density at radius 3 is 2.47 bits per heavy atom. The van der Waals surface area contributed by atoms with Crippen molar-refractivity contribution in [3.63, 3.8) is 0 Å². The van der Waals surface area contributed by atoms with Crippen LogP contribution in [0.25, 0.3) is 33.1 Å². The average Bonchev–Trinajstić information content (AvgIpc) is 3.42. The molecule has 0 saturated carbocycles. The van der Waals surface area contributed by atoms with Crippen LogP contribution < -0.4 is 0 Å². The van der Waals surface area contributed by atoms with Crippen LogP contribution in [0.3, 0.4) is 0 Å². The molecule has 1 unspecified atom stereocenters. The molecular formula is C31H32FN3O3. The van der Waals surface area contributed by atoms with Crippen LogP contribution in [0.2, 0.25) is 0 Å². The van der Waals surface area contributed by atoms with E-state index in [1.165, 1.54) is 0 Å². The third kappa shape index (κ3) is 4.01. The van der Waals surface area contributed by atoms with Gasteiger partial charge in [-0.05, 0) is 64.2 Å². The molecular weight excluding hydrogens is 481 g/mol. The average molecular weight is 514 g/mol. The Bertz CT molecular complexity index is 1610. The van der Waals surface area contributed by atoms with Crippen molar-refractivity contribution in [2.75, 3.05) is 13.2 Å². The zero-order valence-corrected chi connectivity index (χ0v) is 22.2. The van der Waals surface area contributed by atoms with Gasteiger partial charge < -0.3 is 18.9 Å². The highest BCUT2D eigenvalue weighted by Crippen LogP contribution is 2.43. The third-order valence-electron chi connectivity index (χ3n) is 7.88. The van der Waals surface area contributed by atoms with E-state index in [0.29, 0.717) is 52.4 Å². The van der Waals surface area contributed by atoms with Crippen molar-refractivity contribution in [3.8, 4) is 11.1 Å². The fourth-order valence-corrected chi connectivity index (χ4v) is 5.95. The number of fused-ring (bicyclic) bond motifs is 3. The molecule has 5 aromatic rings. The minimum Gasteiger partial charge on any atom is -0.386 e. The molecule has 3 aromatic heterocycles. The number of benzene rings is 2. The van der Waals surface area contributed by atoms with E-state index in [9.17, 15) is 5.11 Å². The van der Waals surface area contributed by atoms with Gasteiger partial charge in [0.05, 0.1) is 39.5 Å². The number of halogens is 1. The molecule has 196 valence electrons. The van der Waals surface area contributed by atoms with E-state index in [1.54, 1.807) is 33.0 Å². The Hall–Kier alpha value is -3.55. The van der Waals surface area contributed by atoms with Gasteiger partial charge in [-0.1, -0.05) is 41.6 Å². The Balaban J connectivity index is 1.74. The highest BCUT2D eigenvalue weighted by atomic mass is 19.1. The Labute approximate surface area is 221 Å². The lowest BCUT2D eigenvalue weighted by molar-refractivity contribution is 0.0552. The lowest BCUT2D eigenvalue weighted by Crippen LogP contribution is -2.27. The van der Waals surface area contributed by atoms with E-state index >= 15 is 4.39 Å². The molecule has 0 spiro atoms. The van der Waals surface area contributed by atoms with Crippen molar-refractivity contribution in [2.45, 2.75) is 52.2 Å². The van der Waals surface area contributed by atoms with Gasteiger partial charge in [-0.3, -0.25) is 4.98 Å². The number of pyridine rings is 1. The van der Waals surface area contributed by atoms with Crippen LogP contribution in [0.15, 0.2) is 59.3 Å². The number of rotatable bonds is 5. The minimum absolute atomic E-state index is 0.145. The van der Waals surface area contributed by atoms with E-state index in [-0.39, 0.29) is 17.8 Å². The van der Waals surface area contributed by atoms with Crippen LogP contribution in [0.4, 0.5) is 4.39 Å². The fourth-order valence-electron chi connectivity index (χ4n) is 5.95. The molecule has 6 nitrogen and oxygen atoms in total. The van der Waals surface area contributed by atoms with Gasteiger partial charge in [-0.15, -0.1) is 0 Å². The summed E-state index contributed by atoms with van der Waals surface area (Å²) in [5.74, 6) is 0.487. The molecule has 1 fully saturated rings. The number of hydrogen-bond donors (Lipinski definition) is 1. The predicted molar refractivity (Wildman–Crippen MR) is 146 cm³/mol. The first kappa shape index (κ1) is 24.8. The molecule has 0 radical (unpaired) electrons. The second-order valence-corrected chi connectivity index (χ2v) is 10.8. The van der Waals surface area contributed by atoms with Crippen LogP contribution in [-0.2, 0) is 10.3 Å². The van der Waals surface area contributed by atoms with Crippen LogP contribution in [0, 0.1) is 25.6 Å². The second-order valence-electron chi connectivity index (χ2n) is 10.8. The van der Waals surface area contributed by atoms with E-state index in [2.05, 4.69) is 21.9 Å². The quantitative estimate of drug-likeness (QED) is 0.278.